The molecule has 1 aromatic heterocycles. The van der Waals surface area contributed by atoms with Crippen LogP contribution in [0.2, 0.25) is 0 Å². The summed E-state index contributed by atoms with van der Waals surface area (Å²) in [7, 11) is 1.30. The molecule has 0 bridgehead atoms. The molecule has 0 radical (unpaired) electrons. The lowest BCUT2D eigenvalue weighted by Crippen LogP contribution is -2.39. The van der Waals surface area contributed by atoms with Crippen molar-refractivity contribution in [2.24, 2.45) is 0 Å². The third kappa shape index (κ3) is 6.31. The zero-order valence-corrected chi connectivity index (χ0v) is 21.3. The van der Waals surface area contributed by atoms with E-state index in [9.17, 15) is 14.4 Å². The summed E-state index contributed by atoms with van der Waals surface area (Å²) in [5.74, 6) is -0.610. The summed E-state index contributed by atoms with van der Waals surface area (Å²) in [5, 5.41) is 3.73. The van der Waals surface area contributed by atoms with Gasteiger partial charge in [0.15, 0.2) is 5.16 Å². The van der Waals surface area contributed by atoms with E-state index in [1.807, 2.05) is 24.3 Å². The van der Waals surface area contributed by atoms with Crippen LogP contribution in [0.25, 0.3) is 10.9 Å². The largest absolute Gasteiger partial charge is 0.465 e. The Morgan fingerprint density at radius 2 is 1.86 bits per heavy atom. The number of hydrogen-bond acceptors (Lipinski definition) is 8. The highest BCUT2D eigenvalue weighted by Crippen LogP contribution is 2.20. The number of hydrogen-bond donors (Lipinski definition) is 1. The molecule has 1 fully saturated rings. The number of methoxy groups -OCH3 is 1. The Balaban J connectivity index is 1.57. The molecule has 0 unspecified atom stereocenters. The fourth-order valence-electron chi connectivity index (χ4n) is 3.97. The summed E-state index contributed by atoms with van der Waals surface area (Å²) in [4.78, 5) is 45.0. The van der Waals surface area contributed by atoms with E-state index >= 15 is 0 Å². The van der Waals surface area contributed by atoms with Crippen molar-refractivity contribution in [2.45, 2.75) is 25.0 Å². The maximum atomic E-state index is 13.4. The Labute approximate surface area is 213 Å². The second kappa shape index (κ2) is 12.2. The lowest BCUT2D eigenvalue weighted by atomic mass is 10.1. The summed E-state index contributed by atoms with van der Waals surface area (Å²) in [6.07, 6.45) is 0.928. The van der Waals surface area contributed by atoms with Crippen LogP contribution in [0.3, 0.4) is 0 Å². The molecule has 1 amide bonds. The minimum atomic E-state index is -0.502. The Hall–Kier alpha value is -3.21. The minimum Gasteiger partial charge on any atom is -0.465 e. The fourth-order valence-corrected chi connectivity index (χ4v) is 4.80. The second-order valence-electron chi connectivity index (χ2n) is 8.42. The average molecular weight is 511 g/mol. The third-order valence-corrected chi connectivity index (χ3v) is 7.04. The zero-order chi connectivity index (χ0) is 25.5. The van der Waals surface area contributed by atoms with Crippen molar-refractivity contribution >= 4 is 40.2 Å². The number of ether oxygens (including phenoxy) is 2. The van der Waals surface area contributed by atoms with Crippen molar-refractivity contribution in [3.63, 3.8) is 0 Å². The van der Waals surface area contributed by atoms with Gasteiger partial charge in [-0.05, 0) is 42.3 Å². The number of nitrogens with zero attached hydrogens (tertiary/aromatic N) is 3. The van der Waals surface area contributed by atoms with Crippen LogP contribution in [0.15, 0.2) is 52.4 Å². The number of anilines is 1. The molecule has 0 aliphatic carbocycles. The van der Waals surface area contributed by atoms with Gasteiger partial charge in [-0.3, -0.25) is 19.1 Å². The topological polar surface area (TPSA) is 103 Å². The number of esters is 1. The number of fused-ring (bicyclic) bond motifs is 1. The van der Waals surface area contributed by atoms with E-state index < -0.39 is 5.97 Å². The van der Waals surface area contributed by atoms with Crippen molar-refractivity contribution < 1.29 is 19.1 Å². The van der Waals surface area contributed by atoms with E-state index in [2.05, 4.69) is 22.1 Å². The van der Waals surface area contributed by atoms with E-state index in [-0.39, 0.29) is 17.2 Å². The SMILES string of the molecule is CCc1ccc(NC(=O)CSc2nc3cc(C(=O)OC)ccc3c(=O)n2CCN2CCOCC2)cc1. The number of benzene rings is 2. The number of nitrogens with one attached hydrogen (secondary N) is 1. The van der Waals surface area contributed by atoms with Crippen LogP contribution in [0.4, 0.5) is 5.69 Å². The van der Waals surface area contributed by atoms with Gasteiger partial charge in [-0.15, -0.1) is 0 Å². The molecule has 0 spiro atoms. The van der Waals surface area contributed by atoms with E-state index in [1.165, 1.54) is 24.4 Å². The smallest absolute Gasteiger partial charge is 0.337 e. The van der Waals surface area contributed by atoms with Crippen molar-refractivity contribution in [1.82, 2.24) is 14.5 Å². The predicted octanol–water partition coefficient (Wildman–Crippen LogP) is 2.81. The van der Waals surface area contributed by atoms with E-state index in [1.54, 1.807) is 22.8 Å². The molecule has 36 heavy (non-hydrogen) atoms. The predicted molar refractivity (Wildman–Crippen MR) is 140 cm³/mol. The Bertz CT molecular complexity index is 1290. The standard InChI is InChI=1S/C26H30N4O5S/c1-3-18-4-7-20(8-5-18)27-23(31)17-36-26-28-22-16-19(25(33)34-2)6-9-21(22)24(32)30(26)11-10-29-12-14-35-15-13-29/h4-9,16H,3,10-15,17H2,1-2H3,(H,27,31). The molecular formula is C26H30N4O5S. The van der Waals surface area contributed by atoms with Gasteiger partial charge in [-0.25, -0.2) is 9.78 Å². The van der Waals surface area contributed by atoms with Crippen LogP contribution < -0.4 is 10.9 Å². The van der Waals surface area contributed by atoms with Crippen LogP contribution >= 0.6 is 11.8 Å². The first kappa shape index (κ1) is 25.9. The van der Waals surface area contributed by atoms with Gasteiger partial charge in [0.1, 0.15) is 0 Å². The number of thioether (sulfide) groups is 1. The molecule has 1 aliphatic rings. The van der Waals surface area contributed by atoms with Crippen molar-refractivity contribution in [3.8, 4) is 0 Å². The number of morpholine rings is 1. The molecular weight excluding hydrogens is 480 g/mol. The molecule has 0 saturated carbocycles. The van der Waals surface area contributed by atoms with Crippen LogP contribution in [-0.4, -0.2) is 72.0 Å². The molecule has 2 aromatic carbocycles. The Kier molecular flexibility index (Phi) is 8.74. The highest BCUT2D eigenvalue weighted by atomic mass is 32.2. The molecule has 1 saturated heterocycles. The summed E-state index contributed by atoms with van der Waals surface area (Å²) in [6, 6.07) is 12.4. The molecule has 190 valence electrons. The maximum absolute atomic E-state index is 13.4. The Morgan fingerprint density at radius 3 is 2.56 bits per heavy atom. The van der Waals surface area contributed by atoms with Gasteiger partial charge < -0.3 is 14.8 Å². The summed E-state index contributed by atoms with van der Waals surface area (Å²) < 4.78 is 11.8. The first-order valence-corrected chi connectivity index (χ1v) is 12.9. The van der Waals surface area contributed by atoms with Crippen LogP contribution in [0.1, 0.15) is 22.8 Å². The first-order chi connectivity index (χ1) is 17.5. The van der Waals surface area contributed by atoms with Gasteiger partial charge in [-0.1, -0.05) is 30.8 Å². The number of carbonyl (C=O) groups is 2. The van der Waals surface area contributed by atoms with Crippen LogP contribution in [-0.2, 0) is 27.2 Å². The quantitative estimate of drug-likeness (QED) is 0.266. The van der Waals surface area contributed by atoms with Gasteiger partial charge in [0, 0.05) is 31.9 Å². The average Bonchev–Trinajstić information content (AvgIpc) is 2.91. The van der Waals surface area contributed by atoms with Gasteiger partial charge >= 0.3 is 5.97 Å². The fraction of sp³-hybridized carbons (Fsp3) is 0.385. The van der Waals surface area contributed by atoms with Crippen LogP contribution in [0.5, 0.6) is 0 Å². The second-order valence-corrected chi connectivity index (χ2v) is 9.36. The van der Waals surface area contributed by atoms with Gasteiger partial charge in [0.2, 0.25) is 5.91 Å². The van der Waals surface area contributed by atoms with Gasteiger partial charge in [0.05, 0.1) is 42.5 Å². The lowest BCUT2D eigenvalue weighted by molar-refractivity contribution is -0.113. The molecule has 0 atom stereocenters. The Morgan fingerprint density at radius 1 is 1.11 bits per heavy atom. The molecule has 10 heteroatoms. The number of carbonyl (C=O) groups excluding carboxylic acids is 2. The zero-order valence-electron chi connectivity index (χ0n) is 20.5. The molecule has 9 nitrogen and oxygen atoms in total. The molecule has 1 N–H and O–H groups in total. The summed E-state index contributed by atoms with van der Waals surface area (Å²) in [5.41, 5.74) is 2.41. The van der Waals surface area contributed by atoms with E-state index in [0.29, 0.717) is 47.9 Å². The summed E-state index contributed by atoms with van der Waals surface area (Å²) >= 11 is 1.20. The number of aromatic nitrogens is 2. The first-order valence-electron chi connectivity index (χ1n) is 11.9. The third-order valence-electron chi connectivity index (χ3n) is 6.06. The molecule has 4 rings (SSSR count). The van der Waals surface area contributed by atoms with Crippen molar-refractivity contribution in [3.05, 3.63) is 63.9 Å². The van der Waals surface area contributed by atoms with E-state index in [4.69, 9.17) is 9.47 Å². The lowest BCUT2D eigenvalue weighted by Gasteiger charge is -2.27. The summed E-state index contributed by atoms with van der Waals surface area (Å²) in [6.45, 7) is 6.13. The number of aryl methyl sites for hydroxylation is 1. The van der Waals surface area contributed by atoms with Gasteiger partial charge in [-0.2, -0.15) is 0 Å². The highest BCUT2D eigenvalue weighted by Gasteiger charge is 2.17. The van der Waals surface area contributed by atoms with Gasteiger partial charge in [0.25, 0.3) is 5.56 Å². The highest BCUT2D eigenvalue weighted by molar-refractivity contribution is 7.99. The minimum absolute atomic E-state index is 0.0850. The molecule has 3 aromatic rings. The molecule has 2 heterocycles. The normalized spacial score (nSPS) is 14.1. The molecule has 1 aliphatic heterocycles. The van der Waals surface area contributed by atoms with Crippen molar-refractivity contribution in [1.29, 1.82) is 0 Å². The van der Waals surface area contributed by atoms with Crippen molar-refractivity contribution in [2.75, 3.05) is 51.0 Å². The maximum Gasteiger partial charge on any atom is 0.337 e. The van der Waals surface area contributed by atoms with E-state index in [0.717, 1.165) is 25.2 Å². The van der Waals surface area contributed by atoms with Crippen LogP contribution in [0, 0.1) is 0 Å². The number of rotatable bonds is 9. The monoisotopic (exact) mass is 510 g/mol. The number of amides is 1.